The Bertz CT molecular complexity index is 1450. The lowest BCUT2D eigenvalue weighted by molar-refractivity contribution is -0.143. The first-order valence-corrected chi connectivity index (χ1v) is 12.5. The van der Waals surface area contributed by atoms with Crippen LogP contribution >= 0.6 is 0 Å². The SMILES string of the molecule is CC(=O)Cc1nc(C(C)NC(=O)c2cc(C(F)(F)F)cc(C(F)(F)F)c2)n(-c2ccc(C(=O)N3CCOCC3)cn2)n1. The van der Waals surface area contributed by atoms with Crippen molar-refractivity contribution in [1.82, 2.24) is 30.0 Å². The summed E-state index contributed by atoms with van der Waals surface area (Å²) in [5, 5.41) is 6.58. The zero-order valence-corrected chi connectivity index (χ0v) is 22.2. The van der Waals surface area contributed by atoms with Gasteiger partial charge in [-0.15, -0.1) is 5.10 Å². The number of benzene rings is 1. The molecule has 1 aromatic carbocycles. The Hall–Kier alpha value is -4.34. The molecule has 1 N–H and O–H groups in total. The van der Waals surface area contributed by atoms with Crippen molar-refractivity contribution in [1.29, 1.82) is 0 Å². The summed E-state index contributed by atoms with van der Waals surface area (Å²) in [6.45, 7) is 4.30. The van der Waals surface area contributed by atoms with Crippen LogP contribution in [0.1, 0.15) is 63.4 Å². The lowest BCUT2D eigenvalue weighted by Crippen LogP contribution is -2.40. The van der Waals surface area contributed by atoms with Gasteiger partial charge in [-0.25, -0.2) is 9.97 Å². The minimum Gasteiger partial charge on any atom is -0.378 e. The predicted molar refractivity (Wildman–Crippen MR) is 133 cm³/mol. The fourth-order valence-electron chi connectivity index (χ4n) is 4.13. The standard InChI is InChI=1S/C26H24F6N6O4/c1-14(39)9-20-35-22(38(36-20)21-4-3-16(13-33-21)24(41)37-5-7-42-8-6-37)15(2)34-23(40)17-10-18(25(27,28)29)12-19(11-17)26(30,31)32/h3-4,10-13,15H,5-9H2,1-2H3,(H,34,40). The van der Waals surface area contributed by atoms with Crippen LogP contribution in [0.3, 0.4) is 0 Å². The quantitative estimate of drug-likeness (QED) is 0.411. The van der Waals surface area contributed by atoms with Crippen LogP contribution < -0.4 is 5.32 Å². The van der Waals surface area contributed by atoms with Crippen molar-refractivity contribution in [3.63, 3.8) is 0 Å². The van der Waals surface area contributed by atoms with Gasteiger partial charge in [0.1, 0.15) is 5.78 Å². The first kappa shape index (κ1) is 30.6. The number of pyridine rings is 1. The number of rotatable bonds is 7. The van der Waals surface area contributed by atoms with Crippen molar-refractivity contribution >= 4 is 17.6 Å². The van der Waals surface area contributed by atoms with E-state index in [2.05, 4.69) is 20.4 Å². The number of nitrogens with one attached hydrogen (secondary N) is 1. The number of alkyl halides is 6. The molecule has 0 spiro atoms. The van der Waals surface area contributed by atoms with E-state index in [0.717, 1.165) is 0 Å². The smallest absolute Gasteiger partial charge is 0.378 e. The van der Waals surface area contributed by atoms with Gasteiger partial charge in [0.2, 0.25) is 0 Å². The average molecular weight is 599 g/mol. The molecule has 1 saturated heterocycles. The Kier molecular flexibility index (Phi) is 8.65. The molecule has 224 valence electrons. The van der Waals surface area contributed by atoms with Crippen LogP contribution in [0.5, 0.6) is 0 Å². The first-order chi connectivity index (χ1) is 19.6. The molecule has 1 aliphatic rings. The first-order valence-electron chi connectivity index (χ1n) is 12.5. The second-order valence-corrected chi connectivity index (χ2v) is 9.48. The Morgan fingerprint density at radius 1 is 0.976 bits per heavy atom. The number of carbonyl (C=O) groups is 3. The molecule has 0 aliphatic carbocycles. The molecule has 0 saturated carbocycles. The Balaban J connectivity index is 1.63. The highest BCUT2D eigenvalue weighted by Gasteiger charge is 2.37. The zero-order chi connectivity index (χ0) is 30.8. The van der Waals surface area contributed by atoms with Gasteiger partial charge >= 0.3 is 12.4 Å². The number of carbonyl (C=O) groups excluding carboxylic acids is 3. The van der Waals surface area contributed by atoms with Gasteiger partial charge in [-0.2, -0.15) is 31.0 Å². The van der Waals surface area contributed by atoms with E-state index in [1.165, 1.54) is 36.9 Å². The fraction of sp³-hybridized carbons (Fsp3) is 0.385. The third kappa shape index (κ3) is 7.10. The largest absolute Gasteiger partial charge is 0.416 e. The highest BCUT2D eigenvalue weighted by atomic mass is 19.4. The van der Waals surface area contributed by atoms with Crippen molar-refractivity contribution in [2.45, 2.75) is 38.7 Å². The van der Waals surface area contributed by atoms with Crippen LogP contribution in [-0.4, -0.2) is 68.5 Å². The highest BCUT2D eigenvalue weighted by Crippen LogP contribution is 2.36. The van der Waals surface area contributed by atoms with Crippen LogP contribution in [0.2, 0.25) is 0 Å². The summed E-state index contributed by atoms with van der Waals surface area (Å²) in [5.41, 5.74) is -3.88. The summed E-state index contributed by atoms with van der Waals surface area (Å²) in [4.78, 5) is 47.4. The second kappa shape index (κ2) is 11.9. The molecular formula is C26H24F6N6O4. The second-order valence-electron chi connectivity index (χ2n) is 9.48. The normalized spacial score (nSPS) is 14.9. The number of hydrogen-bond donors (Lipinski definition) is 1. The van der Waals surface area contributed by atoms with E-state index in [1.807, 2.05) is 0 Å². The number of ether oxygens (including phenoxy) is 1. The Labute approximate surface area is 234 Å². The van der Waals surface area contributed by atoms with Gasteiger partial charge < -0.3 is 15.0 Å². The van der Waals surface area contributed by atoms with Crippen LogP contribution in [0, 0.1) is 0 Å². The van der Waals surface area contributed by atoms with Crippen molar-refractivity contribution < 1.29 is 45.5 Å². The van der Waals surface area contributed by atoms with E-state index < -0.39 is 41.0 Å². The minimum atomic E-state index is -5.13. The summed E-state index contributed by atoms with van der Waals surface area (Å²) in [7, 11) is 0. The third-order valence-electron chi connectivity index (χ3n) is 6.18. The van der Waals surface area contributed by atoms with Crippen LogP contribution in [-0.2, 0) is 28.3 Å². The van der Waals surface area contributed by atoms with E-state index in [1.54, 1.807) is 4.90 Å². The molecule has 1 aliphatic heterocycles. The lowest BCUT2D eigenvalue weighted by Gasteiger charge is -2.26. The van der Waals surface area contributed by atoms with E-state index in [0.29, 0.717) is 38.4 Å². The summed E-state index contributed by atoms with van der Waals surface area (Å²) < 4.78 is 86.1. The molecule has 10 nitrogen and oxygen atoms in total. The third-order valence-corrected chi connectivity index (χ3v) is 6.18. The van der Waals surface area contributed by atoms with Gasteiger partial charge in [0.15, 0.2) is 17.5 Å². The van der Waals surface area contributed by atoms with Crippen LogP contribution in [0.25, 0.3) is 5.82 Å². The van der Waals surface area contributed by atoms with Crippen molar-refractivity contribution in [2.24, 2.45) is 0 Å². The molecule has 4 rings (SSSR count). The van der Waals surface area contributed by atoms with Gasteiger partial charge in [-0.05, 0) is 44.2 Å². The van der Waals surface area contributed by atoms with Gasteiger partial charge in [0.25, 0.3) is 11.8 Å². The number of halogens is 6. The van der Waals surface area contributed by atoms with E-state index in [-0.39, 0.29) is 47.2 Å². The molecule has 0 radical (unpaired) electrons. The summed E-state index contributed by atoms with van der Waals surface area (Å²) in [5.74, 6) is -1.65. The molecule has 2 amide bonds. The molecule has 1 fully saturated rings. The maximum Gasteiger partial charge on any atom is 0.416 e. The number of hydrogen-bond acceptors (Lipinski definition) is 7. The summed E-state index contributed by atoms with van der Waals surface area (Å²) >= 11 is 0. The van der Waals surface area contributed by atoms with Crippen LogP contribution in [0.15, 0.2) is 36.5 Å². The monoisotopic (exact) mass is 598 g/mol. The van der Waals surface area contributed by atoms with Crippen molar-refractivity contribution in [3.8, 4) is 5.82 Å². The van der Waals surface area contributed by atoms with Crippen molar-refractivity contribution in [3.05, 3.63) is 70.4 Å². The number of aromatic nitrogens is 4. The average Bonchev–Trinajstić information content (AvgIpc) is 3.35. The van der Waals surface area contributed by atoms with Gasteiger partial charge in [0, 0.05) is 24.8 Å². The highest BCUT2D eigenvalue weighted by molar-refractivity contribution is 5.95. The molecule has 3 aromatic rings. The lowest BCUT2D eigenvalue weighted by atomic mass is 10.0. The molecule has 3 heterocycles. The fourth-order valence-corrected chi connectivity index (χ4v) is 4.13. The molecular weight excluding hydrogens is 574 g/mol. The number of nitrogens with zero attached hydrogens (tertiary/aromatic N) is 5. The summed E-state index contributed by atoms with van der Waals surface area (Å²) in [6, 6.07) is 2.36. The van der Waals surface area contributed by atoms with E-state index >= 15 is 0 Å². The molecule has 1 unspecified atom stereocenters. The van der Waals surface area contributed by atoms with Crippen LogP contribution in [0.4, 0.5) is 26.3 Å². The molecule has 1 atom stereocenters. The number of ketones is 1. The van der Waals surface area contributed by atoms with Gasteiger partial charge in [-0.3, -0.25) is 14.4 Å². The summed E-state index contributed by atoms with van der Waals surface area (Å²) in [6.07, 6.45) is -9.17. The van der Waals surface area contributed by atoms with E-state index in [9.17, 15) is 40.7 Å². The number of Topliss-reactive ketones (excluding diaryl/α,β-unsaturated/α-hetero) is 1. The molecule has 0 bridgehead atoms. The molecule has 2 aromatic heterocycles. The zero-order valence-electron chi connectivity index (χ0n) is 22.2. The Morgan fingerprint density at radius 2 is 1.60 bits per heavy atom. The molecule has 42 heavy (non-hydrogen) atoms. The van der Waals surface area contributed by atoms with Crippen molar-refractivity contribution in [2.75, 3.05) is 26.3 Å². The van der Waals surface area contributed by atoms with E-state index in [4.69, 9.17) is 4.74 Å². The minimum absolute atomic E-state index is 0.0117. The maximum absolute atomic E-state index is 13.3. The number of morpholine rings is 1. The van der Waals surface area contributed by atoms with Gasteiger partial charge in [-0.1, -0.05) is 0 Å². The molecule has 16 heteroatoms. The maximum atomic E-state index is 13.3. The topological polar surface area (TPSA) is 119 Å². The number of amides is 2. The van der Waals surface area contributed by atoms with Gasteiger partial charge in [0.05, 0.1) is 42.4 Å². The predicted octanol–water partition coefficient (Wildman–Crippen LogP) is 3.79. The Morgan fingerprint density at radius 3 is 2.12 bits per heavy atom.